The minimum absolute atomic E-state index is 0.0901. The number of fused-ring (bicyclic) bond motifs is 1. The Morgan fingerprint density at radius 1 is 1.30 bits per heavy atom. The molecular formula is C18H27F3N9O9P. The van der Waals surface area contributed by atoms with E-state index in [1.165, 1.54) is 17.2 Å². The van der Waals surface area contributed by atoms with Gasteiger partial charge in [-0.2, -0.15) is 13.2 Å². The topological polar surface area (TPSA) is 300 Å². The van der Waals surface area contributed by atoms with Crippen LogP contribution >= 0.6 is 7.82 Å². The van der Waals surface area contributed by atoms with E-state index in [-0.39, 0.29) is 35.9 Å². The maximum Gasteiger partial charge on any atom is 0.469 e. The first-order valence-electron chi connectivity index (χ1n) is 11.0. The van der Waals surface area contributed by atoms with Crippen LogP contribution in [-0.4, -0.2) is 96.3 Å². The second kappa shape index (κ2) is 13.7. The number of aromatic nitrogens is 4. The summed E-state index contributed by atoms with van der Waals surface area (Å²) in [4.78, 5) is 55.1. The van der Waals surface area contributed by atoms with Crippen LogP contribution in [-0.2, 0) is 28.2 Å². The van der Waals surface area contributed by atoms with E-state index >= 15 is 0 Å². The lowest BCUT2D eigenvalue weighted by molar-refractivity contribution is -0.158. The number of nitrogens with two attached hydrogens (primary N) is 4. The van der Waals surface area contributed by atoms with Gasteiger partial charge in [0.25, 0.3) is 0 Å². The lowest BCUT2D eigenvalue weighted by atomic mass is 10.1. The molecule has 224 valence electrons. The van der Waals surface area contributed by atoms with Gasteiger partial charge >= 0.3 is 20.0 Å². The van der Waals surface area contributed by atoms with Crippen LogP contribution in [0.1, 0.15) is 19.1 Å². The molecule has 5 atom stereocenters. The third-order valence-corrected chi connectivity index (χ3v) is 5.52. The Morgan fingerprint density at radius 2 is 1.95 bits per heavy atom. The van der Waals surface area contributed by atoms with E-state index in [1.807, 2.05) is 0 Å². The number of hydrogen-bond acceptors (Lipinski definition) is 13. The van der Waals surface area contributed by atoms with Crippen molar-refractivity contribution in [2.45, 2.75) is 49.6 Å². The molecule has 40 heavy (non-hydrogen) atoms. The number of anilines is 1. The van der Waals surface area contributed by atoms with Crippen molar-refractivity contribution in [2.75, 3.05) is 18.9 Å². The number of nitrogens with zero attached hydrogens (tertiary/aromatic N) is 5. The van der Waals surface area contributed by atoms with Gasteiger partial charge in [-0.1, -0.05) is 0 Å². The summed E-state index contributed by atoms with van der Waals surface area (Å²) in [5, 5.41) is 10.9. The van der Waals surface area contributed by atoms with E-state index in [4.69, 9.17) is 47.0 Å². The molecule has 11 N–H and O–H groups in total. The Kier molecular flexibility index (Phi) is 11.3. The number of imidazole rings is 1. The molecular weight excluding hydrogens is 574 g/mol. The van der Waals surface area contributed by atoms with Gasteiger partial charge < -0.3 is 47.3 Å². The minimum atomic E-state index is -4.89. The molecule has 1 aliphatic heterocycles. The number of rotatable bonds is 10. The molecule has 1 fully saturated rings. The van der Waals surface area contributed by atoms with Crippen LogP contribution in [0, 0.1) is 0 Å². The summed E-state index contributed by atoms with van der Waals surface area (Å²) < 4.78 is 59.3. The summed E-state index contributed by atoms with van der Waals surface area (Å²) in [7, 11) is -4.89. The number of alkyl halides is 3. The normalized spacial score (nSPS) is 21.8. The molecule has 0 amide bonds. The molecule has 18 nitrogen and oxygen atoms in total. The maximum atomic E-state index is 12.5. The Morgan fingerprint density at radius 3 is 2.52 bits per heavy atom. The molecule has 3 rings (SSSR count). The monoisotopic (exact) mass is 601 g/mol. The SMILES string of the molecule is NC(N)=NCCC[C@H](N)C(=O)O[C@H]1[C@@H](O)[C@H](n2cnc3c(N)ncnc32)O[C@@H]1COP(=O)(O)O.O=CC(F)(F)F. The lowest BCUT2D eigenvalue weighted by Crippen LogP contribution is -2.43. The Bertz CT molecular complexity index is 1240. The number of phosphoric ester groups is 1. The predicted molar refractivity (Wildman–Crippen MR) is 128 cm³/mol. The Balaban J connectivity index is 0.000000840. The largest absolute Gasteiger partial charge is 0.469 e. The fraction of sp³-hybridized carbons (Fsp3) is 0.556. The number of guanidine groups is 1. The summed E-state index contributed by atoms with van der Waals surface area (Å²) in [6, 6.07) is -1.08. The lowest BCUT2D eigenvalue weighted by Gasteiger charge is -2.22. The maximum absolute atomic E-state index is 12.5. The number of hydrogen-bond donors (Lipinski definition) is 7. The number of carbonyl (C=O) groups is 2. The van der Waals surface area contributed by atoms with Gasteiger partial charge in [-0.05, 0) is 12.8 Å². The van der Waals surface area contributed by atoms with Crippen LogP contribution < -0.4 is 22.9 Å². The molecule has 0 saturated carbocycles. The molecule has 1 aliphatic rings. The highest BCUT2D eigenvalue weighted by atomic mass is 31.2. The second-order valence-corrected chi connectivity index (χ2v) is 9.28. The average molecular weight is 601 g/mol. The van der Waals surface area contributed by atoms with Gasteiger partial charge in [0.15, 0.2) is 29.8 Å². The number of aliphatic imine (C=N–C) groups is 1. The quantitative estimate of drug-likeness (QED) is 0.0380. The van der Waals surface area contributed by atoms with Crippen LogP contribution in [0.5, 0.6) is 0 Å². The molecule has 0 radical (unpaired) electrons. The van der Waals surface area contributed by atoms with E-state index in [1.54, 1.807) is 0 Å². The zero-order chi connectivity index (χ0) is 30.3. The molecule has 0 bridgehead atoms. The van der Waals surface area contributed by atoms with Crippen molar-refractivity contribution in [1.29, 1.82) is 0 Å². The Labute approximate surface area is 222 Å². The van der Waals surface area contributed by atoms with E-state index in [0.29, 0.717) is 6.42 Å². The minimum Gasteiger partial charge on any atom is -0.455 e. The van der Waals surface area contributed by atoms with Gasteiger partial charge in [-0.25, -0.2) is 19.5 Å². The number of ether oxygens (including phenoxy) is 2. The summed E-state index contributed by atoms with van der Waals surface area (Å²) in [6.07, 6.45) is -8.03. The van der Waals surface area contributed by atoms with Crippen LogP contribution in [0.4, 0.5) is 19.0 Å². The molecule has 0 aliphatic carbocycles. The third kappa shape index (κ3) is 9.62. The molecule has 2 aromatic rings. The van der Waals surface area contributed by atoms with Crippen LogP contribution in [0.3, 0.4) is 0 Å². The van der Waals surface area contributed by atoms with Gasteiger partial charge in [0, 0.05) is 6.54 Å². The van der Waals surface area contributed by atoms with Crippen molar-refractivity contribution >= 4 is 43.0 Å². The van der Waals surface area contributed by atoms with Crippen molar-refractivity contribution in [1.82, 2.24) is 19.5 Å². The first-order valence-corrected chi connectivity index (χ1v) is 12.6. The van der Waals surface area contributed by atoms with Crippen molar-refractivity contribution in [2.24, 2.45) is 22.2 Å². The molecule has 0 aromatic carbocycles. The second-order valence-electron chi connectivity index (χ2n) is 8.04. The number of carbonyl (C=O) groups excluding carboxylic acids is 2. The zero-order valence-electron chi connectivity index (χ0n) is 20.4. The summed E-state index contributed by atoms with van der Waals surface area (Å²) in [6.45, 7) is -0.447. The van der Waals surface area contributed by atoms with Crippen molar-refractivity contribution in [3.8, 4) is 0 Å². The highest BCUT2D eigenvalue weighted by Gasteiger charge is 2.48. The number of aliphatic hydroxyl groups is 1. The summed E-state index contributed by atoms with van der Waals surface area (Å²) in [5.41, 5.74) is 22.6. The van der Waals surface area contributed by atoms with Gasteiger partial charge in [-0.15, -0.1) is 0 Å². The zero-order valence-corrected chi connectivity index (χ0v) is 21.3. The van der Waals surface area contributed by atoms with Crippen molar-refractivity contribution in [3.05, 3.63) is 12.7 Å². The van der Waals surface area contributed by atoms with Crippen LogP contribution in [0.25, 0.3) is 11.2 Å². The fourth-order valence-corrected chi connectivity index (χ4v) is 3.66. The number of aliphatic hydroxyl groups excluding tert-OH is 1. The highest BCUT2D eigenvalue weighted by molar-refractivity contribution is 7.46. The Hall–Kier alpha value is -3.46. The molecule has 22 heteroatoms. The molecule has 0 unspecified atom stereocenters. The van der Waals surface area contributed by atoms with Gasteiger partial charge in [0.05, 0.1) is 12.9 Å². The van der Waals surface area contributed by atoms with Crippen LogP contribution in [0.15, 0.2) is 17.6 Å². The third-order valence-electron chi connectivity index (χ3n) is 5.03. The van der Waals surface area contributed by atoms with E-state index in [0.717, 1.165) is 0 Å². The number of nitrogen functional groups attached to an aromatic ring is 1. The van der Waals surface area contributed by atoms with E-state index in [2.05, 4.69) is 24.5 Å². The molecule has 0 spiro atoms. The fourth-order valence-electron chi connectivity index (χ4n) is 3.31. The smallest absolute Gasteiger partial charge is 0.455 e. The average Bonchev–Trinajstić information content (AvgIpc) is 3.41. The molecule has 2 aromatic heterocycles. The molecule has 3 heterocycles. The first-order chi connectivity index (χ1) is 18.5. The molecule has 1 saturated heterocycles. The van der Waals surface area contributed by atoms with Gasteiger partial charge in [0.2, 0.25) is 6.29 Å². The van der Waals surface area contributed by atoms with Crippen LogP contribution in [0.2, 0.25) is 0 Å². The number of aldehydes is 1. The highest BCUT2D eigenvalue weighted by Crippen LogP contribution is 2.39. The number of esters is 1. The van der Waals surface area contributed by atoms with Gasteiger partial charge in [0.1, 0.15) is 30.1 Å². The van der Waals surface area contributed by atoms with Crippen molar-refractivity contribution < 1.29 is 56.2 Å². The van der Waals surface area contributed by atoms with Gasteiger partial charge in [-0.3, -0.25) is 23.7 Å². The summed E-state index contributed by atoms with van der Waals surface area (Å²) >= 11 is 0. The van der Waals surface area contributed by atoms with E-state index < -0.39 is 63.4 Å². The standard InChI is InChI=1S/C16H26N9O8P.C2HF3O/c17-7(2-1-3-21-16(19)20)15(27)33-11-8(4-31-34(28,29)30)32-14(10(11)26)25-6-24-9-12(18)22-5-23-13(9)25;3-2(4,5)1-6/h5-8,10-11,14,26H,1-4,17H2,(H2,18,22,23)(H4,19,20,21)(H2,28,29,30);1H/t7-,8+,10+,11+,14+;/m0./s1. The predicted octanol–water partition coefficient (Wildman–Crippen LogP) is -2.18. The van der Waals surface area contributed by atoms with E-state index in [9.17, 15) is 27.6 Å². The van der Waals surface area contributed by atoms with Crippen molar-refractivity contribution in [3.63, 3.8) is 0 Å². The summed E-state index contributed by atoms with van der Waals surface area (Å²) in [5.74, 6) is -0.881. The first kappa shape index (κ1) is 32.8. The number of phosphoric acid groups is 1. The number of halogens is 3.